The van der Waals surface area contributed by atoms with Crippen molar-refractivity contribution in [3.8, 4) is 5.75 Å². The Morgan fingerprint density at radius 3 is 2.31 bits per heavy atom. The van der Waals surface area contributed by atoms with Gasteiger partial charge in [-0.1, -0.05) is 28.1 Å². The molecule has 0 bridgehead atoms. The van der Waals surface area contributed by atoms with Gasteiger partial charge in [-0.2, -0.15) is 0 Å². The summed E-state index contributed by atoms with van der Waals surface area (Å²) in [5.74, 6) is 0.184. The zero-order valence-electron chi connectivity index (χ0n) is 9.01. The van der Waals surface area contributed by atoms with Crippen LogP contribution in [-0.4, -0.2) is 30.1 Å². The molecule has 5 heteroatoms. The van der Waals surface area contributed by atoms with Gasteiger partial charge in [-0.05, 0) is 17.7 Å². The molecule has 88 valence electrons. The second-order valence-corrected chi connectivity index (χ2v) is 4.13. The summed E-state index contributed by atoms with van der Waals surface area (Å²) in [5.41, 5.74) is 0.619. The Balaban J connectivity index is 2.79. The van der Waals surface area contributed by atoms with Crippen molar-refractivity contribution >= 4 is 21.9 Å². The van der Waals surface area contributed by atoms with Crippen molar-refractivity contribution in [1.29, 1.82) is 0 Å². The Hall–Kier alpha value is -1.07. The second-order valence-electron chi connectivity index (χ2n) is 3.14. The van der Waals surface area contributed by atoms with Gasteiger partial charge in [0, 0.05) is 0 Å². The van der Waals surface area contributed by atoms with E-state index < -0.39 is 16.9 Å². The number of carbonyl (C=O) groups is 1. The number of ether oxygens (including phenoxy) is 2. The highest BCUT2D eigenvalue weighted by Crippen LogP contribution is 2.25. The molecule has 0 saturated heterocycles. The number of aliphatic hydroxyl groups is 1. The number of methoxy groups -OCH3 is 2. The minimum absolute atomic E-state index is 0.511. The number of benzene rings is 1. The Bertz CT molecular complexity index is 350. The molecule has 0 heterocycles. The van der Waals surface area contributed by atoms with E-state index in [9.17, 15) is 9.90 Å². The number of hydrogen-bond acceptors (Lipinski definition) is 4. The van der Waals surface area contributed by atoms with Gasteiger partial charge in [0.05, 0.1) is 14.2 Å². The van der Waals surface area contributed by atoms with Crippen LogP contribution in [0.25, 0.3) is 0 Å². The molecule has 0 saturated carbocycles. The lowest BCUT2D eigenvalue weighted by molar-refractivity contribution is -0.141. The van der Waals surface area contributed by atoms with Crippen LogP contribution in [0.3, 0.4) is 0 Å². The van der Waals surface area contributed by atoms with Crippen LogP contribution in [0.4, 0.5) is 0 Å². The minimum atomic E-state index is -0.946. The maximum atomic E-state index is 11.2. The Morgan fingerprint density at radius 1 is 1.31 bits per heavy atom. The molecular formula is C11H13BrO4. The van der Waals surface area contributed by atoms with Crippen LogP contribution in [0.5, 0.6) is 5.75 Å². The summed E-state index contributed by atoms with van der Waals surface area (Å²) in [6, 6.07) is 6.83. The third-order valence-corrected chi connectivity index (χ3v) is 3.04. The summed E-state index contributed by atoms with van der Waals surface area (Å²) in [5, 5.41) is 9.87. The monoisotopic (exact) mass is 288 g/mol. The van der Waals surface area contributed by atoms with Crippen LogP contribution in [0, 0.1) is 0 Å². The Labute approximate surface area is 102 Å². The molecule has 0 amide bonds. The zero-order valence-corrected chi connectivity index (χ0v) is 10.6. The molecule has 1 rings (SSSR count). The van der Waals surface area contributed by atoms with Crippen molar-refractivity contribution in [2.45, 2.75) is 10.9 Å². The minimum Gasteiger partial charge on any atom is -0.497 e. The third kappa shape index (κ3) is 2.96. The summed E-state index contributed by atoms with van der Waals surface area (Å²) >= 11 is 3.09. The molecule has 4 nitrogen and oxygen atoms in total. The number of aliphatic hydroxyl groups excluding tert-OH is 1. The van der Waals surface area contributed by atoms with E-state index in [0.29, 0.717) is 11.3 Å². The molecule has 1 aromatic rings. The molecule has 0 spiro atoms. The van der Waals surface area contributed by atoms with E-state index in [1.807, 2.05) is 0 Å². The van der Waals surface area contributed by atoms with Gasteiger partial charge in [0.2, 0.25) is 0 Å². The van der Waals surface area contributed by atoms with Crippen LogP contribution in [-0.2, 0) is 9.53 Å². The molecule has 2 unspecified atom stereocenters. The SMILES string of the molecule is COC(=O)C(Br)C(O)c1ccc(OC)cc1. The lowest BCUT2D eigenvalue weighted by Crippen LogP contribution is -2.23. The van der Waals surface area contributed by atoms with Crippen LogP contribution in [0.15, 0.2) is 24.3 Å². The molecule has 0 fully saturated rings. The van der Waals surface area contributed by atoms with Gasteiger partial charge in [0.1, 0.15) is 16.7 Å². The summed E-state index contributed by atoms with van der Waals surface area (Å²) in [6.07, 6.45) is -0.946. The molecule has 0 aliphatic carbocycles. The molecule has 16 heavy (non-hydrogen) atoms. The van der Waals surface area contributed by atoms with Crippen molar-refractivity contribution in [3.05, 3.63) is 29.8 Å². The maximum absolute atomic E-state index is 11.2. The number of alkyl halides is 1. The van der Waals surface area contributed by atoms with Crippen molar-refractivity contribution in [3.63, 3.8) is 0 Å². The van der Waals surface area contributed by atoms with Gasteiger partial charge >= 0.3 is 5.97 Å². The number of carbonyl (C=O) groups excluding carboxylic acids is 1. The predicted octanol–water partition coefficient (Wildman–Crippen LogP) is 1.67. The van der Waals surface area contributed by atoms with E-state index in [1.54, 1.807) is 31.4 Å². The average Bonchev–Trinajstić information content (AvgIpc) is 2.36. The van der Waals surface area contributed by atoms with E-state index >= 15 is 0 Å². The zero-order chi connectivity index (χ0) is 12.1. The fourth-order valence-corrected chi connectivity index (χ4v) is 1.70. The Kier molecular flexibility index (Phi) is 4.76. The average molecular weight is 289 g/mol. The fourth-order valence-electron chi connectivity index (χ4n) is 1.21. The standard InChI is InChI=1S/C11H13BrO4/c1-15-8-5-3-7(4-6-8)10(13)9(12)11(14)16-2/h3-6,9-10,13H,1-2H3. The first-order valence-corrected chi connectivity index (χ1v) is 5.55. The first-order chi connectivity index (χ1) is 7.60. The maximum Gasteiger partial charge on any atom is 0.322 e. The fraction of sp³-hybridized carbons (Fsp3) is 0.364. The molecule has 2 atom stereocenters. The van der Waals surface area contributed by atoms with Crippen LogP contribution < -0.4 is 4.74 Å². The summed E-state index contributed by atoms with van der Waals surface area (Å²) in [4.78, 5) is 10.4. The number of hydrogen-bond donors (Lipinski definition) is 1. The molecule has 0 aliphatic heterocycles. The summed E-state index contributed by atoms with van der Waals surface area (Å²) < 4.78 is 9.52. The van der Waals surface area contributed by atoms with Crippen LogP contribution in [0.2, 0.25) is 0 Å². The lowest BCUT2D eigenvalue weighted by Gasteiger charge is -2.15. The third-order valence-electron chi connectivity index (χ3n) is 2.16. The molecule has 0 radical (unpaired) electrons. The number of halogens is 1. The molecular weight excluding hydrogens is 276 g/mol. The van der Waals surface area contributed by atoms with E-state index in [-0.39, 0.29) is 0 Å². The largest absolute Gasteiger partial charge is 0.497 e. The first-order valence-electron chi connectivity index (χ1n) is 4.64. The van der Waals surface area contributed by atoms with E-state index in [4.69, 9.17) is 4.74 Å². The summed E-state index contributed by atoms with van der Waals surface area (Å²) in [7, 11) is 2.84. The van der Waals surface area contributed by atoms with Crippen molar-refractivity contribution in [2.75, 3.05) is 14.2 Å². The predicted molar refractivity (Wildman–Crippen MR) is 62.7 cm³/mol. The first kappa shape index (κ1) is 13.0. The van der Waals surface area contributed by atoms with Crippen molar-refractivity contribution in [1.82, 2.24) is 0 Å². The smallest absolute Gasteiger partial charge is 0.322 e. The van der Waals surface area contributed by atoms with Crippen LogP contribution in [0.1, 0.15) is 11.7 Å². The summed E-state index contributed by atoms with van der Waals surface area (Å²) in [6.45, 7) is 0. The molecule has 0 aliphatic rings. The van der Waals surface area contributed by atoms with Gasteiger partial charge < -0.3 is 14.6 Å². The highest BCUT2D eigenvalue weighted by atomic mass is 79.9. The second kappa shape index (κ2) is 5.86. The van der Waals surface area contributed by atoms with Gasteiger partial charge in [-0.15, -0.1) is 0 Å². The van der Waals surface area contributed by atoms with E-state index in [0.717, 1.165) is 0 Å². The van der Waals surface area contributed by atoms with Gasteiger partial charge in [-0.25, -0.2) is 0 Å². The highest BCUT2D eigenvalue weighted by Gasteiger charge is 2.25. The van der Waals surface area contributed by atoms with Crippen molar-refractivity contribution in [2.24, 2.45) is 0 Å². The van der Waals surface area contributed by atoms with Gasteiger partial charge in [0.25, 0.3) is 0 Å². The topological polar surface area (TPSA) is 55.8 Å². The molecule has 0 aromatic heterocycles. The number of rotatable bonds is 4. The normalized spacial score (nSPS) is 14.0. The molecule has 1 N–H and O–H groups in total. The van der Waals surface area contributed by atoms with Gasteiger partial charge in [0.15, 0.2) is 0 Å². The highest BCUT2D eigenvalue weighted by molar-refractivity contribution is 9.10. The Morgan fingerprint density at radius 2 is 1.88 bits per heavy atom. The van der Waals surface area contributed by atoms with Crippen molar-refractivity contribution < 1.29 is 19.4 Å². The van der Waals surface area contributed by atoms with Crippen LogP contribution >= 0.6 is 15.9 Å². The lowest BCUT2D eigenvalue weighted by atomic mass is 10.1. The van der Waals surface area contributed by atoms with E-state index in [1.165, 1.54) is 7.11 Å². The van der Waals surface area contributed by atoms with E-state index in [2.05, 4.69) is 20.7 Å². The number of esters is 1. The molecule has 1 aromatic carbocycles. The quantitative estimate of drug-likeness (QED) is 0.676. The van der Waals surface area contributed by atoms with Gasteiger partial charge in [-0.3, -0.25) is 4.79 Å².